The number of primary amides is 1. The van der Waals surface area contributed by atoms with E-state index in [1.165, 1.54) is 48.5 Å². The third-order valence-corrected chi connectivity index (χ3v) is 13.5. The van der Waals surface area contributed by atoms with Crippen LogP contribution in [0.3, 0.4) is 0 Å². The summed E-state index contributed by atoms with van der Waals surface area (Å²) in [6.45, 7) is 4.68. The van der Waals surface area contributed by atoms with E-state index in [-0.39, 0.29) is 68.9 Å². The summed E-state index contributed by atoms with van der Waals surface area (Å²) in [5.41, 5.74) is 12.6. The van der Waals surface area contributed by atoms with Crippen molar-refractivity contribution in [3.05, 3.63) is 95.6 Å². The Morgan fingerprint density at radius 1 is 0.548 bits per heavy atom. The summed E-state index contributed by atoms with van der Waals surface area (Å²) < 4.78 is 0. The van der Waals surface area contributed by atoms with Crippen molar-refractivity contribution >= 4 is 71.1 Å². The van der Waals surface area contributed by atoms with Gasteiger partial charge in [-0.1, -0.05) is 68.4 Å². The number of carbonyl (C=O) groups excluding carboxylic acids is 9. The van der Waals surface area contributed by atoms with Crippen molar-refractivity contribution in [2.75, 3.05) is 6.54 Å². The molecule has 1 heterocycles. The molecule has 1 aliphatic rings. The first-order valence-corrected chi connectivity index (χ1v) is 27.0. The fourth-order valence-corrected chi connectivity index (χ4v) is 9.08. The summed E-state index contributed by atoms with van der Waals surface area (Å²) in [5, 5.41) is 76.1. The number of phenols is 2. The summed E-state index contributed by atoms with van der Waals surface area (Å²) in [6.07, 6.45) is -5.30. The van der Waals surface area contributed by atoms with E-state index in [9.17, 15) is 88.2 Å². The first kappa shape index (κ1) is 67.3. The third-order valence-electron chi connectivity index (χ3n) is 13.5. The Kier molecular flexibility index (Phi) is 26.0. The molecule has 4 rings (SSSR count). The zero-order valence-electron chi connectivity index (χ0n) is 46.5. The Balaban J connectivity index is 1.64. The van der Waals surface area contributed by atoms with Gasteiger partial charge in [0.1, 0.15) is 53.8 Å². The molecule has 0 saturated carbocycles. The highest BCUT2D eigenvalue weighted by Gasteiger charge is 2.41. The van der Waals surface area contributed by atoms with Gasteiger partial charge in [-0.25, -0.2) is 4.79 Å². The number of aliphatic hydroxyl groups is 1. The van der Waals surface area contributed by atoms with Gasteiger partial charge in [-0.2, -0.15) is 0 Å². The minimum Gasteiger partial charge on any atom is -0.508 e. The van der Waals surface area contributed by atoms with Crippen molar-refractivity contribution in [3.63, 3.8) is 0 Å². The molecule has 0 aromatic heterocycles. The van der Waals surface area contributed by atoms with Crippen molar-refractivity contribution in [3.8, 4) is 11.5 Å². The van der Waals surface area contributed by atoms with Crippen molar-refractivity contribution in [1.82, 2.24) is 42.1 Å². The minimum atomic E-state index is -2.05. The Bertz CT molecular complexity index is 2820. The molecule has 0 aliphatic carbocycles. The molecule has 3 aromatic carbocycles. The maximum Gasteiger partial charge on any atom is 0.328 e. The molecule has 456 valence electrons. The molecule has 3 aromatic rings. The predicted octanol–water partition coefficient (Wildman–Crippen LogP) is -2.05. The first-order valence-electron chi connectivity index (χ1n) is 27.0. The van der Waals surface area contributed by atoms with Gasteiger partial charge >= 0.3 is 17.9 Å². The fraction of sp³-hybridized carbons (Fsp3) is 0.464. The van der Waals surface area contributed by atoms with Crippen LogP contribution in [0.4, 0.5) is 0 Å². The second-order valence-electron chi connectivity index (χ2n) is 20.8. The molecule has 28 nitrogen and oxygen atoms in total. The van der Waals surface area contributed by atoms with Crippen LogP contribution in [-0.2, 0) is 76.8 Å². The molecule has 1 fully saturated rings. The number of amides is 9. The van der Waals surface area contributed by atoms with Crippen molar-refractivity contribution < 1.29 is 88.2 Å². The first-order chi connectivity index (χ1) is 39.6. The lowest BCUT2D eigenvalue weighted by Crippen LogP contribution is -2.61. The number of hydrogen-bond donors (Lipinski definition) is 15. The molecule has 0 radical (unpaired) electrons. The monoisotopic (exact) mass is 1170 g/mol. The summed E-state index contributed by atoms with van der Waals surface area (Å²) >= 11 is 0. The number of carboxylic acids is 3. The normalized spacial score (nSPS) is 16.1. The van der Waals surface area contributed by atoms with Crippen LogP contribution in [0.25, 0.3) is 0 Å². The van der Waals surface area contributed by atoms with Gasteiger partial charge < -0.3 is 84.2 Å². The molecule has 9 amide bonds. The Morgan fingerprint density at radius 2 is 0.988 bits per heavy atom. The van der Waals surface area contributed by atoms with Crippen LogP contribution in [0.15, 0.2) is 78.9 Å². The van der Waals surface area contributed by atoms with Gasteiger partial charge in [0.2, 0.25) is 53.2 Å². The lowest BCUT2D eigenvalue weighted by atomic mass is 10.0. The molecule has 0 bridgehead atoms. The fourth-order valence-electron chi connectivity index (χ4n) is 9.08. The highest BCUT2D eigenvalue weighted by molar-refractivity contribution is 5.99. The van der Waals surface area contributed by atoms with E-state index in [0.717, 1.165) is 11.8 Å². The smallest absolute Gasteiger partial charge is 0.328 e. The zero-order chi connectivity index (χ0) is 62.4. The number of aliphatic carboxylic acids is 3. The number of likely N-dealkylation sites (tertiary alicyclic amines) is 1. The molecule has 28 heteroatoms. The number of benzene rings is 3. The largest absolute Gasteiger partial charge is 0.508 e. The lowest BCUT2D eigenvalue weighted by molar-refractivity contribution is -0.145. The summed E-state index contributed by atoms with van der Waals surface area (Å²) in [6, 6.07) is 4.70. The SMILES string of the molecule is CC(C)C[C@H](N)C(=O)N[C@@H](CCC(N)=O)C(=O)N[C@@H](Cc1ccc(O)cc1)C(=O)N[C@@H](CC(=O)O)C(=O)N[C@@H](CCC(=O)O)C(=O)N[C@@H](Cc1ccccc1)C(=O)N1CCC[C@H]1C(=O)N[C@@H](Cc1ccc(O)cc1)C(=O)N[C@H](C(=O)O)[C@@H](C)O. The predicted molar refractivity (Wildman–Crippen MR) is 296 cm³/mol. The number of aromatic hydroxyl groups is 2. The molecule has 17 N–H and O–H groups in total. The molecular weight excluding hydrogens is 1100 g/mol. The number of aliphatic hydroxyl groups excluding tert-OH is 1. The average molecular weight is 1180 g/mol. The van der Waals surface area contributed by atoms with Crippen LogP contribution >= 0.6 is 0 Å². The molecule has 84 heavy (non-hydrogen) atoms. The Hall–Kier alpha value is -9.18. The van der Waals surface area contributed by atoms with E-state index in [1.54, 1.807) is 44.2 Å². The topological polar surface area (TPSA) is 466 Å². The van der Waals surface area contributed by atoms with E-state index in [1.807, 2.05) is 0 Å². The van der Waals surface area contributed by atoms with Gasteiger partial charge in [0.15, 0.2) is 6.04 Å². The van der Waals surface area contributed by atoms with Crippen LogP contribution < -0.4 is 48.7 Å². The van der Waals surface area contributed by atoms with E-state index in [4.69, 9.17) is 11.5 Å². The highest BCUT2D eigenvalue weighted by atomic mass is 16.4. The van der Waals surface area contributed by atoms with Crippen LogP contribution in [0.1, 0.15) is 88.8 Å². The summed E-state index contributed by atoms with van der Waals surface area (Å²) in [7, 11) is 0. The number of rotatable bonds is 33. The standard InChI is InChI=1S/C56H74N10O18/c1-29(2)24-36(57)48(75)59-37(19-21-44(58)70)49(76)61-39(25-32-11-15-34(68)16-12-32)51(78)62-41(28-46(73)74)52(79)60-38(20-22-45(71)72)50(77)64-42(27-31-8-5-4-6-9-31)55(82)66-23-7-10-43(66)54(81)63-40(26-33-13-17-35(69)18-14-33)53(80)65-47(30(3)67)56(83)84/h4-6,8-9,11-18,29-30,36-43,47,67-69H,7,10,19-28,57H2,1-3H3,(H2,58,70)(H,59,75)(H,60,79)(H,61,76)(H,62,78)(H,63,81)(H,64,77)(H,65,80)(H,71,72)(H,73,74)(H,83,84)/t30-,36+,37+,38+,39+,40+,41+,42+,43+,47+/m1/s1. The summed E-state index contributed by atoms with van der Waals surface area (Å²) in [4.78, 5) is 162. The third kappa shape index (κ3) is 21.9. The van der Waals surface area contributed by atoms with Crippen LogP contribution in [0.2, 0.25) is 0 Å². The maximum atomic E-state index is 14.8. The van der Waals surface area contributed by atoms with Crippen molar-refractivity contribution in [2.45, 2.75) is 152 Å². The number of phenolic OH excluding ortho intramolecular Hbond substituents is 2. The second-order valence-corrected chi connectivity index (χ2v) is 20.8. The van der Waals surface area contributed by atoms with Crippen LogP contribution in [0.5, 0.6) is 11.5 Å². The van der Waals surface area contributed by atoms with Gasteiger partial charge in [-0.3, -0.25) is 52.7 Å². The van der Waals surface area contributed by atoms with Gasteiger partial charge in [0.05, 0.1) is 18.6 Å². The number of hydrogen-bond acceptors (Lipinski definition) is 16. The molecular formula is C56H74N10O18. The lowest BCUT2D eigenvalue weighted by Gasteiger charge is -2.31. The van der Waals surface area contributed by atoms with Gasteiger partial charge in [0.25, 0.3) is 0 Å². The molecule has 1 saturated heterocycles. The number of carbonyl (C=O) groups is 12. The van der Waals surface area contributed by atoms with E-state index < -0.39 is 157 Å². The number of carboxylic acid groups (broad SMARTS) is 3. The van der Waals surface area contributed by atoms with Crippen molar-refractivity contribution in [1.29, 1.82) is 0 Å². The Labute approximate surface area is 482 Å². The summed E-state index contributed by atoms with van der Waals surface area (Å²) in [5.74, 6) is -14.0. The highest BCUT2D eigenvalue weighted by Crippen LogP contribution is 2.22. The van der Waals surface area contributed by atoms with E-state index >= 15 is 0 Å². The van der Waals surface area contributed by atoms with E-state index in [2.05, 4.69) is 37.2 Å². The Morgan fingerprint density at radius 3 is 1.49 bits per heavy atom. The number of nitrogens with one attached hydrogen (secondary N) is 7. The quantitative estimate of drug-likeness (QED) is 0.0312. The van der Waals surface area contributed by atoms with Gasteiger partial charge in [-0.15, -0.1) is 0 Å². The maximum absolute atomic E-state index is 14.8. The van der Waals surface area contributed by atoms with Gasteiger partial charge in [0, 0.05) is 38.6 Å². The van der Waals surface area contributed by atoms with Crippen LogP contribution in [-0.4, -0.2) is 174 Å². The molecule has 1 aliphatic heterocycles. The number of nitrogens with zero attached hydrogens (tertiary/aromatic N) is 1. The minimum absolute atomic E-state index is 0.0340. The van der Waals surface area contributed by atoms with E-state index in [0.29, 0.717) is 16.7 Å². The van der Waals surface area contributed by atoms with Crippen molar-refractivity contribution in [2.24, 2.45) is 17.4 Å². The number of nitrogens with two attached hydrogens (primary N) is 2. The van der Waals surface area contributed by atoms with Gasteiger partial charge in [-0.05, 0) is 85.9 Å². The van der Waals surface area contributed by atoms with Crippen LogP contribution in [0, 0.1) is 5.92 Å². The average Bonchev–Trinajstić information content (AvgIpc) is 4.11. The zero-order valence-corrected chi connectivity index (χ0v) is 46.5. The molecule has 0 spiro atoms. The molecule has 10 atom stereocenters. The molecule has 0 unspecified atom stereocenters. The second kappa shape index (κ2) is 32.5.